The molecule has 1 aliphatic rings. The lowest BCUT2D eigenvalue weighted by atomic mass is 9.89. The third kappa shape index (κ3) is 4.13. The monoisotopic (exact) mass is 410 g/mol. The van der Waals surface area contributed by atoms with Crippen LogP contribution in [0.1, 0.15) is 43.7 Å². The Morgan fingerprint density at radius 3 is 2.86 bits per heavy atom. The maximum atomic E-state index is 13.2. The topological polar surface area (TPSA) is 61.2 Å². The van der Waals surface area contributed by atoms with Gasteiger partial charge in [-0.3, -0.25) is 14.2 Å². The number of fused-ring (bicyclic) bond motifs is 1. The highest BCUT2D eigenvalue weighted by molar-refractivity contribution is 7.17. The van der Waals surface area contributed by atoms with Crippen LogP contribution < -0.4 is 5.56 Å². The minimum Gasteiger partial charge on any atom is -0.461 e. The van der Waals surface area contributed by atoms with Gasteiger partial charge < -0.3 is 4.74 Å². The molecular weight excluding hydrogens is 384 g/mol. The molecule has 1 fully saturated rings. The van der Waals surface area contributed by atoms with Gasteiger partial charge in [0, 0.05) is 10.9 Å². The maximum Gasteiger partial charge on any atom is 0.326 e. The molecule has 0 bridgehead atoms. The largest absolute Gasteiger partial charge is 0.461 e. The second-order valence-electron chi connectivity index (χ2n) is 8.21. The Morgan fingerprint density at radius 2 is 2.10 bits per heavy atom. The van der Waals surface area contributed by atoms with Crippen LogP contribution in [0, 0.1) is 19.8 Å². The number of rotatable bonds is 4. The Balaban J connectivity index is 1.62. The van der Waals surface area contributed by atoms with Gasteiger partial charge in [-0.15, -0.1) is 11.3 Å². The van der Waals surface area contributed by atoms with Gasteiger partial charge >= 0.3 is 5.97 Å². The number of aryl methyl sites for hydroxylation is 2. The number of carbonyl (C=O) groups excluding carboxylic acids is 1. The van der Waals surface area contributed by atoms with E-state index in [4.69, 9.17) is 4.74 Å². The summed E-state index contributed by atoms with van der Waals surface area (Å²) in [5, 5.41) is 2.55. The Labute approximate surface area is 174 Å². The van der Waals surface area contributed by atoms with Gasteiger partial charge in [0.05, 0.1) is 11.7 Å². The van der Waals surface area contributed by atoms with Crippen LogP contribution in [0.4, 0.5) is 0 Å². The molecule has 1 aromatic carbocycles. The number of carbonyl (C=O) groups is 1. The zero-order valence-corrected chi connectivity index (χ0v) is 17.9. The summed E-state index contributed by atoms with van der Waals surface area (Å²) >= 11 is 1.45. The molecule has 0 radical (unpaired) electrons. The summed E-state index contributed by atoms with van der Waals surface area (Å²) in [7, 11) is 0. The first-order valence-corrected chi connectivity index (χ1v) is 11.0. The predicted molar refractivity (Wildman–Crippen MR) is 116 cm³/mol. The first-order valence-electron chi connectivity index (χ1n) is 10.2. The van der Waals surface area contributed by atoms with Crippen LogP contribution >= 0.6 is 11.3 Å². The smallest absolute Gasteiger partial charge is 0.326 e. The highest BCUT2D eigenvalue weighted by Crippen LogP contribution is 2.33. The van der Waals surface area contributed by atoms with Crippen molar-refractivity contribution in [1.29, 1.82) is 0 Å². The van der Waals surface area contributed by atoms with Crippen LogP contribution in [0.15, 0.2) is 34.7 Å². The van der Waals surface area contributed by atoms with Crippen LogP contribution in [0.5, 0.6) is 0 Å². The lowest BCUT2D eigenvalue weighted by Gasteiger charge is -2.26. The zero-order chi connectivity index (χ0) is 20.5. The summed E-state index contributed by atoms with van der Waals surface area (Å²) in [4.78, 5) is 30.7. The second kappa shape index (κ2) is 8.11. The minimum atomic E-state index is -0.365. The van der Waals surface area contributed by atoms with Gasteiger partial charge in [0.2, 0.25) is 0 Å². The van der Waals surface area contributed by atoms with E-state index >= 15 is 0 Å². The van der Waals surface area contributed by atoms with E-state index in [1.807, 2.05) is 24.4 Å². The number of ether oxygens (including phenoxy) is 1. The third-order valence-corrected chi connectivity index (χ3v) is 6.60. The molecule has 4 rings (SSSR count). The number of hydrogen-bond donors (Lipinski definition) is 0. The van der Waals surface area contributed by atoms with E-state index in [9.17, 15) is 9.59 Å². The molecule has 0 N–H and O–H groups in total. The summed E-state index contributed by atoms with van der Waals surface area (Å²) in [5.41, 5.74) is 4.01. The van der Waals surface area contributed by atoms with E-state index < -0.39 is 0 Å². The Hall–Kier alpha value is -2.47. The SMILES string of the molecule is Cc1ccc(-c2csc3ncn(CC(=O)O[C@H]4CCC[C@H](C)C4)c(=O)c23)c(C)c1. The summed E-state index contributed by atoms with van der Waals surface area (Å²) in [6.07, 6.45) is 5.50. The molecule has 0 amide bonds. The predicted octanol–water partition coefficient (Wildman–Crippen LogP) is 4.86. The highest BCUT2D eigenvalue weighted by atomic mass is 32.1. The normalized spacial score (nSPS) is 19.4. The first kappa shape index (κ1) is 19.8. The van der Waals surface area contributed by atoms with Crippen molar-refractivity contribution in [3.05, 3.63) is 51.4 Å². The van der Waals surface area contributed by atoms with Gasteiger partial charge in [0.15, 0.2) is 0 Å². The van der Waals surface area contributed by atoms with Gasteiger partial charge in [-0.2, -0.15) is 0 Å². The number of thiophene rings is 1. The molecule has 2 heterocycles. The molecule has 6 heteroatoms. The van der Waals surface area contributed by atoms with E-state index in [2.05, 4.69) is 24.9 Å². The average Bonchev–Trinajstić information content (AvgIpc) is 3.08. The minimum absolute atomic E-state index is 0.0365. The van der Waals surface area contributed by atoms with Crippen LogP contribution in [-0.4, -0.2) is 21.6 Å². The third-order valence-electron chi connectivity index (χ3n) is 5.72. The van der Waals surface area contributed by atoms with Crippen LogP contribution in [0.25, 0.3) is 21.3 Å². The first-order chi connectivity index (χ1) is 13.9. The molecule has 0 spiro atoms. The highest BCUT2D eigenvalue weighted by Gasteiger charge is 2.23. The van der Waals surface area contributed by atoms with Crippen LogP contribution in [0.3, 0.4) is 0 Å². The summed E-state index contributed by atoms with van der Waals surface area (Å²) in [5.74, 6) is 0.212. The molecule has 0 saturated heterocycles. The molecule has 3 aromatic rings. The molecule has 2 aromatic heterocycles. The number of hydrogen-bond acceptors (Lipinski definition) is 5. The van der Waals surface area contributed by atoms with Crippen molar-refractivity contribution in [1.82, 2.24) is 9.55 Å². The number of nitrogens with zero attached hydrogens (tertiary/aromatic N) is 2. The molecular formula is C23H26N2O3S. The summed E-state index contributed by atoms with van der Waals surface area (Å²) < 4.78 is 7.01. The van der Waals surface area contributed by atoms with Crippen molar-refractivity contribution in [3.8, 4) is 11.1 Å². The fourth-order valence-corrected chi connectivity index (χ4v) is 5.14. The van der Waals surface area contributed by atoms with Crippen molar-refractivity contribution in [2.75, 3.05) is 0 Å². The van der Waals surface area contributed by atoms with Crippen molar-refractivity contribution in [3.63, 3.8) is 0 Å². The van der Waals surface area contributed by atoms with E-state index in [-0.39, 0.29) is 24.2 Å². The number of esters is 1. The van der Waals surface area contributed by atoms with Gasteiger partial charge in [-0.1, -0.05) is 37.1 Å². The van der Waals surface area contributed by atoms with E-state index in [1.54, 1.807) is 0 Å². The molecule has 0 unspecified atom stereocenters. The summed E-state index contributed by atoms with van der Waals surface area (Å²) in [6, 6.07) is 6.20. The van der Waals surface area contributed by atoms with E-state index in [1.165, 1.54) is 34.2 Å². The van der Waals surface area contributed by atoms with Gasteiger partial charge in [0.1, 0.15) is 17.5 Å². The van der Waals surface area contributed by atoms with Gasteiger partial charge in [0.25, 0.3) is 5.56 Å². The lowest BCUT2D eigenvalue weighted by molar-refractivity contribution is -0.152. The molecule has 5 nitrogen and oxygen atoms in total. The fourth-order valence-electron chi connectivity index (χ4n) is 4.24. The van der Waals surface area contributed by atoms with Gasteiger partial charge in [-0.25, -0.2) is 4.98 Å². The lowest BCUT2D eigenvalue weighted by Crippen LogP contribution is -2.30. The maximum absolute atomic E-state index is 13.2. The average molecular weight is 411 g/mol. The molecule has 0 aliphatic heterocycles. The quantitative estimate of drug-likeness (QED) is 0.576. The Morgan fingerprint density at radius 1 is 1.28 bits per heavy atom. The standard InChI is InChI=1S/C23H26N2O3S/c1-14-5-4-6-17(10-14)28-20(26)11-25-13-24-22-21(23(25)27)19(12-29-22)18-8-7-15(2)9-16(18)3/h7-9,12-14,17H,4-6,10-11H2,1-3H3/t14-,17-/m0/s1. The van der Waals surface area contributed by atoms with E-state index in [0.29, 0.717) is 16.1 Å². The van der Waals surface area contributed by atoms with Gasteiger partial charge in [-0.05, 0) is 50.2 Å². The molecule has 152 valence electrons. The fraction of sp³-hybridized carbons (Fsp3) is 0.435. The number of aromatic nitrogens is 2. The molecule has 1 saturated carbocycles. The Bertz CT molecular complexity index is 1110. The molecule has 2 atom stereocenters. The Kier molecular flexibility index (Phi) is 5.54. The van der Waals surface area contributed by atoms with E-state index in [0.717, 1.165) is 36.0 Å². The van der Waals surface area contributed by atoms with Crippen molar-refractivity contribution < 1.29 is 9.53 Å². The van der Waals surface area contributed by atoms with Crippen molar-refractivity contribution in [2.24, 2.45) is 5.92 Å². The zero-order valence-electron chi connectivity index (χ0n) is 17.1. The molecule has 29 heavy (non-hydrogen) atoms. The van der Waals surface area contributed by atoms with Crippen molar-refractivity contribution >= 4 is 27.5 Å². The second-order valence-corrected chi connectivity index (χ2v) is 9.07. The van der Waals surface area contributed by atoms with Crippen LogP contribution in [-0.2, 0) is 16.1 Å². The summed E-state index contributed by atoms with van der Waals surface area (Å²) in [6.45, 7) is 6.18. The number of benzene rings is 1. The van der Waals surface area contributed by atoms with Crippen LogP contribution in [0.2, 0.25) is 0 Å². The molecule has 1 aliphatic carbocycles. The van der Waals surface area contributed by atoms with Crippen molar-refractivity contribution in [2.45, 2.75) is 59.1 Å².